The fraction of sp³-hybridized carbons (Fsp3) is 0.417. The summed E-state index contributed by atoms with van der Waals surface area (Å²) in [5, 5.41) is 0.354. The molecule has 0 aliphatic carbocycles. The molecule has 0 aliphatic heterocycles. The molecular formula is C12H16OSSe. The van der Waals surface area contributed by atoms with Crippen LogP contribution in [-0.4, -0.2) is 19.0 Å². The van der Waals surface area contributed by atoms with Crippen molar-refractivity contribution in [3.63, 3.8) is 0 Å². The molecular weight excluding hydrogens is 271 g/mol. The zero-order valence-electron chi connectivity index (χ0n) is 8.94. The number of carbonyl (C=O) groups excluding carboxylic acids is 1. The average Bonchev–Trinajstić information content (AvgIpc) is 2.28. The summed E-state index contributed by atoms with van der Waals surface area (Å²) in [4.78, 5) is 11.5. The summed E-state index contributed by atoms with van der Waals surface area (Å²) in [6.07, 6.45) is 4.15. The van der Waals surface area contributed by atoms with Crippen LogP contribution in [0, 0.1) is 0 Å². The number of hydrogen-bond acceptors (Lipinski definition) is 2. The first-order chi connectivity index (χ1) is 7.33. The van der Waals surface area contributed by atoms with Crippen molar-refractivity contribution in [2.75, 3.05) is 0 Å². The Kier molecular flexibility index (Phi) is 6.82. The quantitative estimate of drug-likeness (QED) is 0.591. The second-order valence-corrected chi connectivity index (χ2v) is 7.18. The third kappa shape index (κ3) is 6.03. The van der Waals surface area contributed by atoms with Crippen LogP contribution >= 0.6 is 10.2 Å². The molecule has 0 N–H and O–H groups in total. The van der Waals surface area contributed by atoms with Crippen LogP contribution in [0.5, 0.6) is 0 Å². The molecule has 0 radical (unpaired) electrons. The Hall–Kier alpha value is -0.241. The van der Waals surface area contributed by atoms with E-state index in [0.717, 1.165) is 12.8 Å². The Bertz CT molecular complexity index is 287. The first-order valence-corrected chi connectivity index (χ1v) is 8.95. The molecule has 0 saturated heterocycles. The van der Waals surface area contributed by atoms with Crippen LogP contribution in [0.1, 0.15) is 32.6 Å². The van der Waals surface area contributed by atoms with Gasteiger partial charge < -0.3 is 0 Å². The minimum atomic E-state index is 0.255. The van der Waals surface area contributed by atoms with Gasteiger partial charge in [-0.05, 0) is 0 Å². The van der Waals surface area contributed by atoms with Crippen LogP contribution in [0.25, 0.3) is 0 Å². The SMILES string of the molecule is CCCCCC(=O)S[Se]c1ccccc1. The summed E-state index contributed by atoms with van der Waals surface area (Å²) in [7, 11) is 1.50. The van der Waals surface area contributed by atoms with Crippen LogP contribution in [0.3, 0.4) is 0 Å². The molecule has 0 atom stereocenters. The van der Waals surface area contributed by atoms with E-state index in [9.17, 15) is 4.79 Å². The van der Waals surface area contributed by atoms with E-state index in [2.05, 4.69) is 19.1 Å². The molecule has 3 heteroatoms. The summed E-state index contributed by atoms with van der Waals surface area (Å²) in [6, 6.07) is 10.2. The van der Waals surface area contributed by atoms with Crippen molar-refractivity contribution in [1.82, 2.24) is 0 Å². The molecule has 1 aromatic rings. The van der Waals surface area contributed by atoms with Gasteiger partial charge in [-0.3, -0.25) is 0 Å². The number of hydrogen-bond donors (Lipinski definition) is 0. The van der Waals surface area contributed by atoms with E-state index in [0.29, 0.717) is 5.12 Å². The van der Waals surface area contributed by atoms with Gasteiger partial charge in [0, 0.05) is 0 Å². The Morgan fingerprint density at radius 3 is 2.67 bits per heavy atom. The molecule has 0 aliphatic rings. The Balaban J connectivity index is 2.17. The number of benzene rings is 1. The molecule has 0 fully saturated rings. The predicted molar refractivity (Wildman–Crippen MR) is 68.6 cm³/mol. The second kappa shape index (κ2) is 7.98. The summed E-state index contributed by atoms with van der Waals surface area (Å²) in [5.74, 6) is 0. The van der Waals surface area contributed by atoms with Crippen LogP contribution in [-0.2, 0) is 4.79 Å². The molecule has 82 valence electrons. The van der Waals surface area contributed by atoms with Crippen LogP contribution in [0.2, 0.25) is 0 Å². The minimum absolute atomic E-state index is 0.255. The molecule has 0 amide bonds. The third-order valence-corrected chi connectivity index (χ3v) is 6.10. The first-order valence-electron chi connectivity index (χ1n) is 5.25. The van der Waals surface area contributed by atoms with Gasteiger partial charge in [0.15, 0.2) is 0 Å². The van der Waals surface area contributed by atoms with Gasteiger partial charge in [0.05, 0.1) is 0 Å². The van der Waals surface area contributed by atoms with Crippen molar-refractivity contribution in [1.29, 1.82) is 0 Å². The zero-order valence-corrected chi connectivity index (χ0v) is 11.5. The maximum absolute atomic E-state index is 11.5. The molecule has 1 nitrogen and oxygen atoms in total. The molecule has 0 bridgehead atoms. The standard InChI is InChI=1S/C12H16OSSe/c1-2-3-5-10-12(13)14-15-11-8-6-4-7-9-11/h4,6-9H,2-3,5,10H2,1H3. The van der Waals surface area contributed by atoms with E-state index >= 15 is 0 Å². The van der Waals surface area contributed by atoms with Gasteiger partial charge in [0.1, 0.15) is 0 Å². The summed E-state index contributed by atoms with van der Waals surface area (Å²) in [5.41, 5.74) is 0. The molecule has 0 saturated carbocycles. The van der Waals surface area contributed by atoms with Gasteiger partial charge in [0.2, 0.25) is 0 Å². The monoisotopic (exact) mass is 288 g/mol. The first kappa shape index (κ1) is 12.8. The Labute approximate surface area is 101 Å². The average molecular weight is 287 g/mol. The van der Waals surface area contributed by atoms with Crippen molar-refractivity contribution in [3.05, 3.63) is 30.3 Å². The number of rotatable bonds is 6. The van der Waals surface area contributed by atoms with Crippen LogP contribution in [0.4, 0.5) is 0 Å². The molecule has 0 heterocycles. The van der Waals surface area contributed by atoms with E-state index in [1.165, 1.54) is 27.5 Å². The Morgan fingerprint density at radius 1 is 1.27 bits per heavy atom. The zero-order chi connectivity index (χ0) is 10.9. The topological polar surface area (TPSA) is 17.1 Å². The van der Waals surface area contributed by atoms with E-state index < -0.39 is 0 Å². The summed E-state index contributed by atoms with van der Waals surface area (Å²) in [6.45, 7) is 2.16. The fourth-order valence-corrected chi connectivity index (χ4v) is 4.40. The normalized spacial score (nSPS) is 10.2. The van der Waals surface area contributed by atoms with Gasteiger partial charge in [-0.15, -0.1) is 0 Å². The molecule has 0 spiro atoms. The Morgan fingerprint density at radius 2 is 2.00 bits per heavy atom. The van der Waals surface area contributed by atoms with E-state index in [-0.39, 0.29) is 13.8 Å². The van der Waals surface area contributed by atoms with Crippen molar-refractivity contribution >= 4 is 33.6 Å². The third-order valence-electron chi connectivity index (χ3n) is 1.96. The van der Waals surface area contributed by atoms with Crippen molar-refractivity contribution in [2.45, 2.75) is 32.6 Å². The van der Waals surface area contributed by atoms with Crippen molar-refractivity contribution in [2.24, 2.45) is 0 Å². The van der Waals surface area contributed by atoms with Gasteiger partial charge in [-0.25, -0.2) is 0 Å². The molecule has 0 unspecified atom stereocenters. The fourth-order valence-electron chi connectivity index (χ4n) is 1.13. The van der Waals surface area contributed by atoms with Crippen molar-refractivity contribution in [3.8, 4) is 0 Å². The van der Waals surface area contributed by atoms with Crippen molar-refractivity contribution < 1.29 is 4.79 Å². The van der Waals surface area contributed by atoms with E-state index in [1.807, 2.05) is 18.2 Å². The summed E-state index contributed by atoms with van der Waals surface area (Å²) >= 11 is 0.255. The van der Waals surface area contributed by atoms with Crippen LogP contribution < -0.4 is 4.46 Å². The predicted octanol–water partition coefficient (Wildman–Crippen LogP) is 2.77. The van der Waals surface area contributed by atoms with Crippen LogP contribution in [0.15, 0.2) is 30.3 Å². The second-order valence-electron chi connectivity index (χ2n) is 3.31. The van der Waals surface area contributed by atoms with Gasteiger partial charge in [-0.1, -0.05) is 0 Å². The molecule has 15 heavy (non-hydrogen) atoms. The number of carbonyl (C=O) groups is 1. The molecule has 1 rings (SSSR count). The van der Waals surface area contributed by atoms with E-state index in [1.54, 1.807) is 0 Å². The van der Waals surface area contributed by atoms with Gasteiger partial charge in [-0.2, -0.15) is 0 Å². The molecule has 1 aromatic carbocycles. The van der Waals surface area contributed by atoms with E-state index in [4.69, 9.17) is 0 Å². The maximum atomic E-state index is 11.5. The van der Waals surface area contributed by atoms with Gasteiger partial charge in [0.25, 0.3) is 0 Å². The molecule has 0 aromatic heterocycles. The van der Waals surface area contributed by atoms with Gasteiger partial charge >= 0.3 is 101 Å². The summed E-state index contributed by atoms with van der Waals surface area (Å²) < 4.78 is 1.29. The number of unbranched alkanes of at least 4 members (excludes halogenated alkanes) is 2.